The lowest BCUT2D eigenvalue weighted by atomic mass is 10.4. The molecule has 5 heteroatoms. The zero-order chi connectivity index (χ0) is 11.5. The van der Waals surface area contributed by atoms with Crippen molar-refractivity contribution in [1.29, 1.82) is 0 Å². The minimum absolute atomic E-state index is 0.761. The lowest BCUT2D eigenvalue weighted by Crippen LogP contribution is -2.27. The van der Waals surface area contributed by atoms with E-state index in [0.717, 1.165) is 24.2 Å². The number of halogens is 1. The Morgan fingerprint density at radius 3 is 2.67 bits per heavy atom. The maximum absolute atomic E-state index is 5.80. The van der Waals surface area contributed by atoms with Crippen molar-refractivity contribution in [2.24, 2.45) is 0 Å². The maximum atomic E-state index is 5.80. The molecule has 1 rings (SSSR count). The van der Waals surface area contributed by atoms with E-state index < -0.39 is 8.32 Å². The summed E-state index contributed by atoms with van der Waals surface area (Å²) in [5, 5.41) is 5.27. The topological polar surface area (TPSA) is 27.1 Å². The van der Waals surface area contributed by atoms with E-state index in [4.69, 9.17) is 4.43 Å². The number of rotatable bonds is 5. The fourth-order valence-corrected chi connectivity index (χ4v) is 2.49. The van der Waals surface area contributed by atoms with Crippen LogP contribution >= 0.6 is 15.9 Å². The van der Waals surface area contributed by atoms with Crippen molar-refractivity contribution in [1.82, 2.24) is 9.78 Å². The van der Waals surface area contributed by atoms with E-state index in [0.29, 0.717) is 0 Å². The predicted molar refractivity (Wildman–Crippen MR) is 68.9 cm³/mol. The summed E-state index contributed by atoms with van der Waals surface area (Å²) in [5.74, 6) is 0. The fraction of sp³-hybridized carbons (Fsp3) is 0.700. The number of alkyl halides is 1. The molecule has 0 saturated carbocycles. The monoisotopic (exact) mass is 290 g/mol. The van der Waals surface area contributed by atoms with Crippen LogP contribution in [-0.2, 0) is 16.3 Å². The molecule has 3 nitrogen and oxygen atoms in total. The number of aromatic nitrogens is 2. The first-order valence-electron chi connectivity index (χ1n) is 5.15. The molecular formula is C10H19BrN2OSi. The second-order valence-corrected chi connectivity index (χ2v) is 9.67. The first-order chi connectivity index (χ1) is 6.92. The molecule has 0 aliphatic carbocycles. The van der Waals surface area contributed by atoms with E-state index in [1.807, 2.05) is 11.6 Å². The van der Waals surface area contributed by atoms with Gasteiger partial charge in [0.05, 0.1) is 18.8 Å². The van der Waals surface area contributed by atoms with Gasteiger partial charge in [0.25, 0.3) is 0 Å². The fourth-order valence-electron chi connectivity index (χ4n) is 1.34. The highest BCUT2D eigenvalue weighted by Gasteiger charge is 2.14. The van der Waals surface area contributed by atoms with Crippen LogP contribution in [0.2, 0.25) is 19.6 Å². The average Bonchev–Trinajstić information content (AvgIpc) is 2.44. The van der Waals surface area contributed by atoms with Crippen molar-refractivity contribution in [3.63, 3.8) is 0 Å². The molecular weight excluding hydrogens is 272 g/mol. The van der Waals surface area contributed by atoms with Crippen molar-refractivity contribution >= 4 is 24.2 Å². The van der Waals surface area contributed by atoms with Crippen LogP contribution in [0.1, 0.15) is 11.4 Å². The van der Waals surface area contributed by atoms with E-state index in [1.54, 1.807) is 0 Å². The Balaban J connectivity index is 2.50. The standard InChI is InChI=1S/C10H19BrN2OSi/c1-9-7-10(8-11)13(12-9)5-6-14-15(2,3)4/h7H,5-6,8H2,1-4H3. The lowest BCUT2D eigenvalue weighted by molar-refractivity contribution is 0.283. The molecule has 0 saturated heterocycles. The number of aryl methyl sites for hydroxylation is 1. The normalized spacial score (nSPS) is 12.1. The van der Waals surface area contributed by atoms with Gasteiger partial charge in [0.15, 0.2) is 8.32 Å². The van der Waals surface area contributed by atoms with E-state index in [2.05, 4.69) is 46.7 Å². The molecule has 0 spiro atoms. The Labute approximate surface area is 101 Å². The Hall–Kier alpha value is -0.133. The molecule has 0 aliphatic heterocycles. The molecule has 0 N–H and O–H groups in total. The van der Waals surface area contributed by atoms with E-state index in [1.165, 1.54) is 5.69 Å². The van der Waals surface area contributed by atoms with Crippen molar-refractivity contribution in [2.75, 3.05) is 6.61 Å². The molecule has 0 amide bonds. The van der Waals surface area contributed by atoms with Crippen LogP contribution in [-0.4, -0.2) is 24.7 Å². The van der Waals surface area contributed by atoms with Gasteiger partial charge in [-0.05, 0) is 32.6 Å². The lowest BCUT2D eigenvalue weighted by Gasteiger charge is -2.17. The third-order valence-electron chi connectivity index (χ3n) is 1.96. The summed E-state index contributed by atoms with van der Waals surface area (Å²) in [5.41, 5.74) is 2.28. The molecule has 0 atom stereocenters. The number of nitrogens with zero attached hydrogens (tertiary/aromatic N) is 2. The first-order valence-corrected chi connectivity index (χ1v) is 9.68. The van der Waals surface area contributed by atoms with Crippen LogP contribution in [0.3, 0.4) is 0 Å². The van der Waals surface area contributed by atoms with E-state index in [-0.39, 0.29) is 0 Å². The second-order valence-electron chi connectivity index (χ2n) is 4.59. The van der Waals surface area contributed by atoms with Gasteiger partial charge in [-0.3, -0.25) is 4.68 Å². The van der Waals surface area contributed by atoms with Gasteiger partial charge in [0.1, 0.15) is 0 Å². The van der Waals surface area contributed by atoms with Crippen molar-refractivity contribution < 1.29 is 4.43 Å². The smallest absolute Gasteiger partial charge is 0.183 e. The second kappa shape index (κ2) is 5.27. The molecule has 1 aromatic heterocycles. The number of hydrogen-bond acceptors (Lipinski definition) is 2. The molecule has 0 bridgehead atoms. The molecule has 0 aliphatic rings. The maximum Gasteiger partial charge on any atom is 0.183 e. The third-order valence-corrected chi connectivity index (χ3v) is 3.61. The molecule has 0 aromatic carbocycles. The summed E-state index contributed by atoms with van der Waals surface area (Å²) in [6.07, 6.45) is 0. The van der Waals surface area contributed by atoms with Crippen molar-refractivity contribution in [3.8, 4) is 0 Å². The Morgan fingerprint density at radius 1 is 1.47 bits per heavy atom. The Bertz CT molecular complexity index is 320. The molecule has 0 unspecified atom stereocenters. The van der Waals surface area contributed by atoms with Crippen molar-refractivity contribution in [3.05, 3.63) is 17.5 Å². The summed E-state index contributed by atoms with van der Waals surface area (Å²) in [7, 11) is -1.38. The van der Waals surface area contributed by atoms with Crippen LogP contribution in [0.15, 0.2) is 6.07 Å². The van der Waals surface area contributed by atoms with Crippen LogP contribution in [0, 0.1) is 6.92 Å². The molecule has 0 fully saturated rings. The highest BCUT2D eigenvalue weighted by Crippen LogP contribution is 2.09. The van der Waals surface area contributed by atoms with E-state index in [9.17, 15) is 0 Å². The van der Waals surface area contributed by atoms with Crippen molar-refractivity contribution in [2.45, 2.75) is 38.4 Å². The van der Waals surface area contributed by atoms with Crippen LogP contribution in [0.5, 0.6) is 0 Å². The molecule has 15 heavy (non-hydrogen) atoms. The Kier molecular flexibility index (Phi) is 4.55. The summed E-state index contributed by atoms with van der Waals surface area (Å²) >= 11 is 3.46. The zero-order valence-corrected chi connectivity index (χ0v) is 12.5. The van der Waals surface area contributed by atoms with Crippen LogP contribution < -0.4 is 0 Å². The summed E-state index contributed by atoms with van der Waals surface area (Å²) < 4.78 is 7.82. The summed E-state index contributed by atoms with van der Waals surface area (Å²) in [6.45, 7) is 10.2. The van der Waals surface area contributed by atoms with Gasteiger partial charge in [0.2, 0.25) is 0 Å². The molecule has 1 heterocycles. The highest BCUT2D eigenvalue weighted by atomic mass is 79.9. The van der Waals surface area contributed by atoms with Gasteiger partial charge in [-0.25, -0.2) is 0 Å². The Morgan fingerprint density at radius 2 is 2.13 bits per heavy atom. The van der Waals surface area contributed by atoms with Gasteiger partial charge >= 0.3 is 0 Å². The van der Waals surface area contributed by atoms with Gasteiger partial charge in [-0.15, -0.1) is 0 Å². The molecule has 0 radical (unpaired) electrons. The molecule has 86 valence electrons. The zero-order valence-electron chi connectivity index (χ0n) is 9.88. The van der Waals surface area contributed by atoms with Gasteiger partial charge in [-0.1, -0.05) is 15.9 Å². The van der Waals surface area contributed by atoms with Crippen LogP contribution in [0.25, 0.3) is 0 Å². The minimum atomic E-state index is -1.38. The van der Waals surface area contributed by atoms with Crippen LogP contribution in [0.4, 0.5) is 0 Å². The highest BCUT2D eigenvalue weighted by molar-refractivity contribution is 9.08. The first kappa shape index (κ1) is 12.9. The average molecular weight is 291 g/mol. The summed E-state index contributed by atoms with van der Waals surface area (Å²) in [4.78, 5) is 0. The quantitative estimate of drug-likeness (QED) is 0.616. The predicted octanol–water partition coefficient (Wildman–Crippen LogP) is 2.94. The largest absolute Gasteiger partial charge is 0.416 e. The SMILES string of the molecule is Cc1cc(CBr)n(CCO[Si](C)(C)C)n1. The molecule has 1 aromatic rings. The van der Waals surface area contributed by atoms with Gasteiger partial charge < -0.3 is 4.43 Å². The third kappa shape index (κ3) is 4.48. The summed E-state index contributed by atoms with van der Waals surface area (Å²) in [6, 6.07) is 2.10. The number of hydrogen-bond donors (Lipinski definition) is 0. The van der Waals surface area contributed by atoms with Gasteiger partial charge in [0, 0.05) is 11.0 Å². The van der Waals surface area contributed by atoms with Gasteiger partial charge in [-0.2, -0.15) is 5.10 Å². The van der Waals surface area contributed by atoms with E-state index >= 15 is 0 Å². The minimum Gasteiger partial charge on any atom is -0.416 e.